The molecule has 0 saturated carbocycles. The number of amides is 1. The molecule has 0 aromatic heterocycles. The van der Waals surface area contributed by atoms with Gasteiger partial charge in [0.25, 0.3) is 0 Å². The molecule has 0 aliphatic carbocycles. The first-order valence-electron chi connectivity index (χ1n) is 6.80. The summed E-state index contributed by atoms with van der Waals surface area (Å²) in [5.41, 5.74) is 6.48. The van der Waals surface area contributed by atoms with Crippen LogP contribution in [0.1, 0.15) is 25.8 Å². The van der Waals surface area contributed by atoms with E-state index in [1.54, 1.807) is 0 Å². The van der Waals surface area contributed by atoms with Crippen molar-refractivity contribution in [2.24, 2.45) is 5.73 Å². The Hall–Kier alpha value is -1.39. The van der Waals surface area contributed by atoms with Crippen LogP contribution in [0.2, 0.25) is 0 Å². The van der Waals surface area contributed by atoms with E-state index in [2.05, 4.69) is 13.8 Å². The molecule has 1 amide bonds. The van der Waals surface area contributed by atoms with E-state index < -0.39 is 0 Å². The SMILES string of the molecule is CCC(C)N(Cc1ccccc1)C(=O)COCCN. The van der Waals surface area contributed by atoms with Crippen molar-refractivity contribution in [1.29, 1.82) is 0 Å². The van der Waals surface area contributed by atoms with E-state index in [0.29, 0.717) is 19.7 Å². The highest BCUT2D eigenvalue weighted by Crippen LogP contribution is 2.11. The van der Waals surface area contributed by atoms with Crippen LogP contribution < -0.4 is 5.73 Å². The molecular formula is C15H24N2O2. The zero-order valence-electron chi connectivity index (χ0n) is 11.8. The molecule has 0 spiro atoms. The maximum atomic E-state index is 12.2. The first kappa shape index (κ1) is 15.7. The number of hydrogen-bond acceptors (Lipinski definition) is 3. The van der Waals surface area contributed by atoms with Gasteiger partial charge in [0.2, 0.25) is 5.91 Å². The first-order valence-corrected chi connectivity index (χ1v) is 6.80. The second-order valence-electron chi connectivity index (χ2n) is 4.61. The van der Waals surface area contributed by atoms with Gasteiger partial charge in [0.15, 0.2) is 0 Å². The Balaban J connectivity index is 2.64. The summed E-state index contributed by atoms with van der Waals surface area (Å²) < 4.78 is 5.24. The van der Waals surface area contributed by atoms with Crippen LogP contribution in [0, 0.1) is 0 Å². The molecule has 1 aromatic rings. The van der Waals surface area contributed by atoms with E-state index in [0.717, 1.165) is 12.0 Å². The van der Waals surface area contributed by atoms with Gasteiger partial charge in [-0.2, -0.15) is 0 Å². The number of benzene rings is 1. The van der Waals surface area contributed by atoms with Gasteiger partial charge in [-0.25, -0.2) is 0 Å². The summed E-state index contributed by atoms with van der Waals surface area (Å²) in [4.78, 5) is 14.0. The minimum absolute atomic E-state index is 0.0200. The monoisotopic (exact) mass is 264 g/mol. The summed E-state index contributed by atoms with van der Waals surface area (Å²) >= 11 is 0. The molecule has 0 fully saturated rings. The van der Waals surface area contributed by atoms with Crippen LogP contribution in [0.4, 0.5) is 0 Å². The topological polar surface area (TPSA) is 55.6 Å². The number of carbonyl (C=O) groups excluding carboxylic acids is 1. The summed E-state index contributed by atoms with van der Waals surface area (Å²) in [6.45, 7) is 5.73. The van der Waals surface area contributed by atoms with Gasteiger partial charge in [-0.05, 0) is 18.9 Å². The highest BCUT2D eigenvalue weighted by atomic mass is 16.5. The Morgan fingerprint density at radius 2 is 2.05 bits per heavy atom. The molecule has 0 aliphatic rings. The van der Waals surface area contributed by atoms with Gasteiger partial charge in [0.1, 0.15) is 6.61 Å². The molecule has 0 heterocycles. The minimum Gasteiger partial charge on any atom is -0.370 e. The number of ether oxygens (including phenoxy) is 1. The lowest BCUT2D eigenvalue weighted by Gasteiger charge is -2.28. The lowest BCUT2D eigenvalue weighted by atomic mass is 10.1. The van der Waals surface area contributed by atoms with Crippen LogP contribution in [0.25, 0.3) is 0 Å². The smallest absolute Gasteiger partial charge is 0.249 e. The maximum Gasteiger partial charge on any atom is 0.249 e. The maximum absolute atomic E-state index is 12.2. The molecule has 4 nitrogen and oxygen atoms in total. The molecule has 0 aliphatic heterocycles. The van der Waals surface area contributed by atoms with Crippen molar-refractivity contribution >= 4 is 5.91 Å². The standard InChI is InChI=1S/C15H24N2O2/c1-3-13(2)17(15(18)12-19-10-9-16)11-14-7-5-4-6-8-14/h4-8,13H,3,9-12,16H2,1-2H3. The molecule has 106 valence electrons. The lowest BCUT2D eigenvalue weighted by molar-refractivity contribution is -0.138. The molecular weight excluding hydrogens is 240 g/mol. The van der Waals surface area contributed by atoms with Crippen molar-refractivity contribution in [2.45, 2.75) is 32.9 Å². The van der Waals surface area contributed by atoms with Crippen LogP contribution in [0.5, 0.6) is 0 Å². The Morgan fingerprint density at radius 1 is 1.37 bits per heavy atom. The van der Waals surface area contributed by atoms with Crippen molar-refractivity contribution in [2.75, 3.05) is 19.8 Å². The molecule has 1 aromatic carbocycles. The second kappa shape index (κ2) is 8.67. The summed E-state index contributed by atoms with van der Waals surface area (Å²) in [6, 6.07) is 10.2. The summed E-state index contributed by atoms with van der Waals surface area (Å²) in [6.07, 6.45) is 0.926. The van der Waals surface area contributed by atoms with Gasteiger partial charge >= 0.3 is 0 Å². The number of hydrogen-bond donors (Lipinski definition) is 1. The Labute approximate surface area is 115 Å². The van der Waals surface area contributed by atoms with Gasteiger partial charge in [0, 0.05) is 19.1 Å². The molecule has 0 bridgehead atoms. The Kier molecular flexibility index (Phi) is 7.15. The van der Waals surface area contributed by atoms with E-state index in [9.17, 15) is 4.79 Å². The summed E-state index contributed by atoms with van der Waals surface area (Å²) in [5.74, 6) is 0.0200. The van der Waals surface area contributed by atoms with Crippen molar-refractivity contribution in [3.8, 4) is 0 Å². The quantitative estimate of drug-likeness (QED) is 0.728. The van der Waals surface area contributed by atoms with E-state index in [4.69, 9.17) is 10.5 Å². The average molecular weight is 264 g/mol. The lowest BCUT2D eigenvalue weighted by Crippen LogP contribution is -2.40. The van der Waals surface area contributed by atoms with E-state index in [1.807, 2.05) is 35.2 Å². The van der Waals surface area contributed by atoms with Gasteiger partial charge in [-0.15, -0.1) is 0 Å². The van der Waals surface area contributed by atoms with Crippen molar-refractivity contribution in [3.05, 3.63) is 35.9 Å². The van der Waals surface area contributed by atoms with E-state index in [-0.39, 0.29) is 18.6 Å². The first-order chi connectivity index (χ1) is 9.19. The minimum atomic E-state index is 0.0200. The van der Waals surface area contributed by atoms with Crippen molar-refractivity contribution in [3.63, 3.8) is 0 Å². The van der Waals surface area contributed by atoms with Crippen LogP contribution in [0.3, 0.4) is 0 Å². The summed E-state index contributed by atoms with van der Waals surface area (Å²) in [5, 5.41) is 0. The molecule has 0 saturated heterocycles. The highest BCUT2D eigenvalue weighted by Gasteiger charge is 2.19. The third-order valence-electron chi connectivity index (χ3n) is 3.13. The van der Waals surface area contributed by atoms with Gasteiger partial charge < -0.3 is 15.4 Å². The third kappa shape index (κ3) is 5.41. The average Bonchev–Trinajstić information content (AvgIpc) is 2.45. The zero-order valence-corrected chi connectivity index (χ0v) is 11.8. The van der Waals surface area contributed by atoms with Gasteiger partial charge in [0.05, 0.1) is 6.61 Å². The summed E-state index contributed by atoms with van der Waals surface area (Å²) in [7, 11) is 0. The number of nitrogens with two attached hydrogens (primary N) is 1. The third-order valence-corrected chi connectivity index (χ3v) is 3.13. The largest absolute Gasteiger partial charge is 0.370 e. The zero-order chi connectivity index (χ0) is 14.1. The van der Waals surface area contributed by atoms with Gasteiger partial charge in [-0.3, -0.25) is 4.79 Å². The van der Waals surface area contributed by atoms with Crippen LogP contribution in [-0.2, 0) is 16.1 Å². The molecule has 1 atom stereocenters. The predicted octanol–water partition coefficient (Wildman–Crippen LogP) is 1.79. The van der Waals surface area contributed by atoms with E-state index >= 15 is 0 Å². The van der Waals surface area contributed by atoms with Crippen LogP contribution >= 0.6 is 0 Å². The normalized spacial score (nSPS) is 12.2. The molecule has 0 radical (unpaired) electrons. The molecule has 1 unspecified atom stereocenters. The predicted molar refractivity (Wildman–Crippen MR) is 76.6 cm³/mol. The fourth-order valence-corrected chi connectivity index (χ4v) is 1.82. The molecule has 19 heavy (non-hydrogen) atoms. The fourth-order valence-electron chi connectivity index (χ4n) is 1.82. The van der Waals surface area contributed by atoms with Gasteiger partial charge in [-0.1, -0.05) is 37.3 Å². The Bertz CT molecular complexity index is 368. The number of rotatable bonds is 8. The molecule has 4 heteroatoms. The number of nitrogens with zero attached hydrogens (tertiary/aromatic N) is 1. The molecule has 2 N–H and O–H groups in total. The number of carbonyl (C=O) groups is 1. The van der Waals surface area contributed by atoms with Crippen LogP contribution in [-0.4, -0.2) is 36.6 Å². The van der Waals surface area contributed by atoms with E-state index in [1.165, 1.54) is 0 Å². The highest BCUT2D eigenvalue weighted by molar-refractivity contribution is 5.77. The fraction of sp³-hybridized carbons (Fsp3) is 0.533. The van der Waals surface area contributed by atoms with Crippen molar-refractivity contribution < 1.29 is 9.53 Å². The van der Waals surface area contributed by atoms with Crippen LogP contribution in [0.15, 0.2) is 30.3 Å². The van der Waals surface area contributed by atoms with Crippen molar-refractivity contribution in [1.82, 2.24) is 4.90 Å². The molecule has 1 rings (SSSR count). The Morgan fingerprint density at radius 3 is 2.63 bits per heavy atom. The second-order valence-corrected chi connectivity index (χ2v) is 4.61.